The van der Waals surface area contributed by atoms with Gasteiger partial charge in [-0.1, -0.05) is 6.08 Å². The van der Waals surface area contributed by atoms with Crippen LogP contribution in [0.1, 0.15) is 23.2 Å². The van der Waals surface area contributed by atoms with Crippen molar-refractivity contribution in [2.45, 2.75) is 12.8 Å². The van der Waals surface area contributed by atoms with Crippen molar-refractivity contribution in [3.8, 4) is 5.75 Å². The summed E-state index contributed by atoms with van der Waals surface area (Å²) in [5, 5.41) is 11.2. The maximum Gasteiger partial charge on any atom is 0.251 e. The Morgan fingerprint density at radius 2 is 2.11 bits per heavy atom. The second kappa shape index (κ2) is 8.31. The minimum Gasteiger partial charge on any atom is -0.494 e. The summed E-state index contributed by atoms with van der Waals surface area (Å²) in [5.74, 6) is 0.556. The van der Waals surface area contributed by atoms with E-state index in [1.807, 2.05) is 6.08 Å². The van der Waals surface area contributed by atoms with Crippen LogP contribution < -0.4 is 10.1 Å². The average molecular weight is 249 g/mol. The molecule has 4 nitrogen and oxygen atoms in total. The lowest BCUT2D eigenvalue weighted by molar-refractivity contribution is 0.0944. The Morgan fingerprint density at radius 3 is 2.72 bits per heavy atom. The number of unbranched alkanes of at least 4 members (excludes halogenated alkanes) is 1. The highest BCUT2D eigenvalue weighted by Crippen LogP contribution is 2.12. The lowest BCUT2D eigenvalue weighted by atomic mass is 10.2. The Morgan fingerprint density at radius 1 is 1.39 bits per heavy atom. The largest absolute Gasteiger partial charge is 0.494 e. The molecule has 0 saturated carbocycles. The topological polar surface area (TPSA) is 58.6 Å². The number of hydrogen-bond acceptors (Lipinski definition) is 3. The zero-order valence-electron chi connectivity index (χ0n) is 10.4. The number of ether oxygens (including phenoxy) is 1. The molecule has 0 radical (unpaired) electrons. The first kappa shape index (κ1) is 14.3. The Hall–Kier alpha value is -1.81. The third-order valence-electron chi connectivity index (χ3n) is 2.34. The molecule has 0 fully saturated rings. The van der Waals surface area contributed by atoms with Crippen LogP contribution in [0.5, 0.6) is 5.75 Å². The highest BCUT2D eigenvalue weighted by molar-refractivity contribution is 5.94. The molecule has 2 N–H and O–H groups in total. The Labute approximate surface area is 107 Å². The number of aliphatic hydroxyl groups is 1. The van der Waals surface area contributed by atoms with Gasteiger partial charge in [-0.05, 0) is 37.1 Å². The van der Waals surface area contributed by atoms with Crippen LogP contribution in [-0.2, 0) is 0 Å². The first-order chi connectivity index (χ1) is 8.77. The maximum absolute atomic E-state index is 11.5. The van der Waals surface area contributed by atoms with Crippen molar-refractivity contribution >= 4 is 5.91 Å². The molecule has 1 amide bonds. The maximum atomic E-state index is 11.5. The van der Waals surface area contributed by atoms with Gasteiger partial charge in [-0.3, -0.25) is 4.79 Å². The van der Waals surface area contributed by atoms with Crippen LogP contribution in [0.4, 0.5) is 0 Å². The number of nitrogens with one attached hydrogen (secondary N) is 1. The summed E-state index contributed by atoms with van der Waals surface area (Å²) in [7, 11) is 0. The predicted octanol–water partition coefficient (Wildman–Crippen LogP) is 1.75. The first-order valence-corrected chi connectivity index (χ1v) is 6.00. The molecule has 0 aromatic heterocycles. The van der Waals surface area contributed by atoms with Crippen molar-refractivity contribution in [3.05, 3.63) is 42.5 Å². The van der Waals surface area contributed by atoms with Crippen molar-refractivity contribution in [1.29, 1.82) is 0 Å². The van der Waals surface area contributed by atoms with E-state index in [0.29, 0.717) is 12.2 Å². The fraction of sp³-hybridized carbons (Fsp3) is 0.357. The van der Waals surface area contributed by atoms with Crippen molar-refractivity contribution < 1.29 is 14.6 Å². The molecule has 1 aromatic carbocycles. The van der Waals surface area contributed by atoms with Gasteiger partial charge in [-0.15, -0.1) is 6.58 Å². The molecule has 0 atom stereocenters. The third-order valence-corrected chi connectivity index (χ3v) is 2.34. The molecule has 0 aliphatic rings. The fourth-order valence-corrected chi connectivity index (χ4v) is 1.39. The van der Waals surface area contributed by atoms with Crippen LogP contribution in [0.15, 0.2) is 36.9 Å². The molecule has 0 aliphatic carbocycles. The molecule has 0 heterocycles. The van der Waals surface area contributed by atoms with Crippen LogP contribution in [0.2, 0.25) is 0 Å². The predicted molar refractivity (Wildman–Crippen MR) is 70.8 cm³/mol. The van der Waals surface area contributed by atoms with E-state index in [9.17, 15) is 4.79 Å². The average Bonchev–Trinajstić information content (AvgIpc) is 2.41. The smallest absolute Gasteiger partial charge is 0.251 e. The molecule has 1 aromatic rings. The van der Waals surface area contributed by atoms with Crippen molar-refractivity contribution in [1.82, 2.24) is 5.32 Å². The minimum atomic E-state index is -0.192. The fourth-order valence-electron chi connectivity index (χ4n) is 1.39. The number of carbonyl (C=O) groups is 1. The van der Waals surface area contributed by atoms with E-state index in [4.69, 9.17) is 9.84 Å². The summed E-state index contributed by atoms with van der Waals surface area (Å²) in [5.41, 5.74) is 0.557. The second-order valence-corrected chi connectivity index (χ2v) is 3.78. The molecule has 0 aliphatic heterocycles. The second-order valence-electron chi connectivity index (χ2n) is 3.78. The van der Waals surface area contributed by atoms with Crippen molar-refractivity contribution in [2.75, 3.05) is 19.8 Å². The van der Waals surface area contributed by atoms with E-state index in [1.165, 1.54) is 0 Å². The van der Waals surface area contributed by atoms with Crippen LogP contribution in [0.25, 0.3) is 0 Å². The van der Waals surface area contributed by atoms with Crippen LogP contribution in [-0.4, -0.2) is 30.8 Å². The van der Waals surface area contributed by atoms with Gasteiger partial charge in [0.15, 0.2) is 0 Å². The molecule has 18 heavy (non-hydrogen) atoms. The summed E-state index contributed by atoms with van der Waals surface area (Å²) in [6, 6.07) is 6.94. The molecule has 4 heteroatoms. The third kappa shape index (κ3) is 5.01. The highest BCUT2D eigenvalue weighted by Gasteiger charge is 2.04. The van der Waals surface area contributed by atoms with Crippen LogP contribution >= 0.6 is 0 Å². The Balaban J connectivity index is 2.41. The van der Waals surface area contributed by atoms with Gasteiger partial charge in [-0.25, -0.2) is 0 Å². The van der Waals surface area contributed by atoms with Gasteiger partial charge < -0.3 is 15.2 Å². The van der Waals surface area contributed by atoms with Gasteiger partial charge >= 0.3 is 0 Å². The highest BCUT2D eigenvalue weighted by atomic mass is 16.5. The van der Waals surface area contributed by atoms with Crippen molar-refractivity contribution in [3.63, 3.8) is 0 Å². The standard InChI is InChI=1S/C14H19NO3/c1-2-3-4-11-18-13-7-5-12(6-8-13)14(17)15-9-10-16/h2,5-8,16H,1,3-4,9-11H2,(H,15,17). The van der Waals surface area contributed by atoms with Crippen LogP contribution in [0, 0.1) is 0 Å². The summed E-state index contributed by atoms with van der Waals surface area (Å²) in [4.78, 5) is 11.5. The SMILES string of the molecule is C=CCCCOc1ccc(C(=O)NCCO)cc1. The number of aliphatic hydroxyl groups excluding tert-OH is 1. The molecule has 0 unspecified atom stereocenters. The lowest BCUT2D eigenvalue weighted by Crippen LogP contribution is -2.26. The molecule has 98 valence electrons. The number of amides is 1. The van der Waals surface area contributed by atoms with E-state index < -0.39 is 0 Å². The quantitative estimate of drug-likeness (QED) is 0.545. The molecular formula is C14H19NO3. The van der Waals surface area contributed by atoms with Gasteiger partial charge in [0.25, 0.3) is 5.91 Å². The zero-order valence-corrected chi connectivity index (χ0v) is 10.4. The van der Waals surface area contributed by atoms with E-state index in [1.54, 1.807) is 24.3 Å². The minimum absolute atomic E-state index is 0.0593. The number of carbonyl (C=O) groups excluding carboxylic acids is 1. The lowest BCUT2D eigenvalue weighted by Gasteiger charge is -2.07. The van der Waals surface area contributed by atoms with E-state index in [-0.39, 0.29) is 19.1 Å². The first-order valence-electron chi connectivity index (χ1n) is 6.00. The molecule has 1 rings (SSSR count). The van der Waals surface area contributed by atoms with E-state index >= 15 is 0 Å². The number of benzene rings is 1. The Bertz CT molecular complexity index is 373. The monoisotopic (exact) mass is 249 g/mol. The van der Waals surface area contributed by atoms with Crippen molar-refractivity contribution in [2.24, 2.45) is 0 Å². The summed E-state index contributed by atoms with van der Waals surface area (Å²) in [6.45, 7) is 4.49. The van der Waals surface area contributed by atoms with Gasteiger partial charge in [0, 0.05) is 12.1 Å². The normalized spacial score (nSPS) is 9.83. The number of allylic oxidation sites excluding steroid dienone is 1. The van der Waals surface area contributed by atoms with Gasteiger partial charge in [0.1, 0.15) is 5.75 Å². The van der Waals surface area contributed by atoms with Gasteiger partial charge in [0.2, 0.25) is 0 Å². The van der Waals surface area contributed by atoms with Gasteiger partial charge in [-0.2, -0.15) is 0 Å². The number of hydrogen-bond donors (Lipinski definition) is 2. The number of rotatable bonds is 8. The Kier molecular flexibility index (Phi) is 6.58. The summed E-state index contributed by atoms with van der Waals surface area (Å²) in [6.07, 6.45) is 3.72. The molecular weight excluding hydrogens is 230 g/mol. The zero-order chi connectivity index (χ0) is 13.2. The summed E-state index contributed by atoms with van der Waals surface area (Å²) >= 11 is 0. The van der Waals surface area contributed by atoms with Gasteiger partial charge in [0.05, 0.1) is 13.2 Å². The molecule has 0 saturated heterocycles. The summed E-state index contributed by atoms with van der Waals surface area (Å²) < 4.78 is 5.50. The molecule has 0 spiro atoms. The van der Waals surface area contributed by atoms with Crippen LogP contribution in [0.3, 0.4) is 0 Å². The van der Waals surface area contributed by atoms with E-state index in [0.717, 1.165) is 18.6 Å². The molecule has 0 bridgehead atoms. The van der Waals surface area contributed by atoms with E-state index in [2.05, 4.69) is 11.9 Å².